The Bertz CT molecular complexity index is 901. The largest absolute Gasteiger partial charge is 0.502 e. The number of phenolic OH excluding ortho intramolecular Hbond substituents is 1. The van der Waals surface area contributed by atoms with E-state index in [9.17, 15) is 24.8 Å². The monoisotopic (exact) mass is 400 g/mol. The third-order valence-corrected chi connectivity index (χ3v) is 3.76. The van der Waals surface area contributed by atoms with Crippen LogP contribution >= 0.6 is 0 Å². The predicted molar refractivity (Wildman–Crippen MR) is 104 cm³/mol. The van der Waals surface area contributed by atoms with E-state index in [0.717, 1.165) is 12.1 Å². The molecule has 2 amide bonds. The van der Waals surface area contributed by atoms with Crippen LogP contribution in [0.2, 0.25) is 0 Å². The molecule has 0 fully saturated rings. The van der Waals surface area contributed by atoms with Crippen LogP contribution in [0.25, 0.3) is 0 Å². The summed E-state index contributed by atoms with van der Waals surface area (Å²) in [6.45, 7) is 1.87. The van der Waals surface area contributed by atoms with E-state index in [1.807, 2.05) is 6.07 Å². The number of hydrazone groups is 1. The third kappa shape index (κ3) is 6.61. The molecule has 0 unspecified atom stereocenters. The first-order valence-electron chi connectivity index (χ1n) is 8.68. The van der Waals surface area contributed by atoms with E-state index in [0.29, 0.717) is 11.1 Å². The summed E-state index contributed by atoms with van der Waals surface area (Å²) < 4.78 is 4.87. The second kappa shape index (κ2) is 10.4. The maximum atomic E-state index is 12.2. The zero-order valence-corrected chi connectivity index (χ0v) is 15.6. The molecule has 0 radical (unpaired) electrons. The Hall–Kier alpha value is -3.95. The van der Waals surface area contributed by atoms with E-state index < -0.39 is 34.4 Å². The van der Waals surface area contributed by atoms with E-state index in [1.54, 1.807) is 31.2 Å². The number of hydrogen-bond donors (Lipinski definition) is 3. The Morgan fingerprint density at radius 3 is 2.66 bits per heavy atom. The minimum atomic E-state index is -0.725. The quantitative estimate of drug-likeness (QED) is 0.353. The standard InChI is InChI=1S/C19H20N4O6/c1-2-29-19(26)21-15(14-6-4-3-5-7-14)11-18(25)22-20-12-13-8-9-17(24)16(10-13)23(27)28/h3-10,12,15,24H,2,11H2,1H3,(H,21,26)(H,22,25)/b20-12-/t15-/m0/s1. The summed E-state index contributed by atoms with van der Waals surface area (Å²) in [6, 6.07) is 12.0. The molecule has 0 aliphatic heterocycles. The van der Waals surface area contributed by atoms with Crippen molar-refractivity contribution >= 4 is 23.9 Å². The summed E-state index contributed by atoms with van der Waals surface area (Å²) >= 11 is 0. The maximum Gasteiger partial charge on any atom is 0.407 e. The van der Waals surface area contributed by atoms with Gasteiger partial charge in [0.2, 0.25) is 5.91 Å². The number of ether oxygens (including phenoxy) is 1. The second-order valence-electron chi connectivity index (χ2n) is 5.83. The third-order valence-electron chi connectivity index (χ3n) is 3.76. The normalized spacial score (nSPS) is 11.6. The zero-order chi connectivity index (χ0) is 21.2. The van der Waals surface area contributed by atoms with Crippen LogP contribution in [0, 0.1) is 10.1 Å². The number of benzene rings is 2. The highest BCUT2D eigenvalue weighted by atomic mass is 16.6. The molecule has 10 nitrogen and oxygen atoms in total. The lowest BCUT2D eigenvalue weighted by Gasteiger charge is -2.18. The minimum Gasteiger partial charge on any atom is -0.502 e. The molecule has 0 saturated heterocycles. The lowest BCUT2D eigenvalue weighted by atomic mass is 10.0. The van der Waals surface area contributed by atoms with E-state index in [4.69, 9.17) is 4.74 Å². The lowest BCUT2D eigenvalue weighted by molar-refractivity contribution is -0.385. The van der Waals surface area contributed by atoms with E-state index in [-0.39, 0.29) is 13.0 Å². The molecule has 0 saturated carbocycles. The minimum absolute atomic E-state index is 0.101. The van der Waals surface area contributed by atoms with Crippen molar-refractivity contribution in [1.82, 2.24) is 10.7 Å². The molecule has 0 heterocycles. The van der Waals surface area contributed by atoms with Gasteiger partial charge in [-0.05, 0) is 24.6 Å². The second-order valence-corrected chi connectivity index (χ2v) is 5.83. The zero-order valence-electron chi connectivity index (χ0n) is 15.6. The maximum absolute atomic E-state index is 12.2. The van der Waals surface area contributed by atoms with Gasteiger partial charge in [-0.3, -0.25) is 14.9 Å². The summed E-state index contributed by atoms with van der Waals surface area (Å²) in [4.78, 5) is 34.1. The molecule has 0 bridgehead atoms. The van der Waals surface area contributed by atoms with E-state index >= 15 is 0 Å². The molecule has 0 aromatic heterocycles. The number of alkyl carbamates (subject to hydrolysis) is 1. The predicted octanol–water partition coefficient (Wildman–Crippen LogP) is 2.63. The Morgan fingerprint density at radius 2 is 2.00 bits per heavy atom. The molecule has 2 rings (SSSR count). The van der Waals surface area contributed by atoms with E-state index in [1.165, 1.54) is 12.3 Å². The summed E-state index contributed by atoms with van der Waals surface area (Å²) in [6.07, 6.45) is 0.463. The number of nitrogens with zero attached hydrogens (tertiary/aromatic N) is 2. The SMILES string of the molecule is CCOC(=O)N[C@@H](CC(=O)N/N=C\c1ccc(O)c([N+](=O)[O-])c1)c1ccccc1. The Kier molecular flexibility index (Phi) is 7.66. The van der Waals surface area contributed by atoms with Crippen LogP contribution < -0.4 is 10.7 Å². The summed E-state index contributed by atoms with van der Waals surface area (Å²) in [7, 11) is 0. The Labute approximate surface area is 166 Å². The highest BCUT2D eigenvalue weighted by Crippen LogP contribution is 2.25. The number of phenols is 1. The molecule has 10 heteroatoms. The van der Waals surface area contributed by atoms with Gasteiger partial charge in [0, 0.05) is 11.6 Å². The molecule has 0 spiro atoms. The highest BCUT2D eigenvalue weighted by molar-refractivity contribution is 5.84. The van der Waals surface area contributed by atoms with Crippen molar-refractivity contribution in [3.8, 4) is 5.75 Å². The fourth-order valence-corrected chi connectivity index (χ4v) is 2.43. The fourth-order valence-electron chi connectivity index (χ4n) is 2.43. The Balaban J connectivity index is 2.02. The molecule has 0 aliphatic carbocycles. The number of aromatic hydroxyl groups is 1. The van der Waals surface area contributed by atoms with Crippen molar-refractivity contribution in [2.24, 2.45) is 5.10 Å². The van der Waals surface area contributed by atoms with Crippen LogP contribution in [0.3, 0.4) is 0 Å². The number of hydrogen-bond acceptors (Lipinski definition) is 7. The van der Waals surface area contributed by atoms with Gasteiger partial charge in [-0.2, -0.15) is 5.10 Å². The number of carbonyl (C=O) groups excluding carboxylic acids is 2. The van der Waals surface area contributed by atoms with Crippen molar-refractivity contribution in [1.29, 1.82) is 0 Å². The van der Waals surface area contributed by atoms with Crippen molar-refractivity contribution < 1.29 is 24.4 Å². The summed E-state index contributed by atoms with van der Waals surface area (Å²) in [5.41, 5.74) is 2.87. The number of carbonyl (C=O) groups is 2. The molecule has 29 heavy (non-hydrogen) atoms. The average Bonchev–Trinajstić information content (AvgIpc) is 2.69. The lowest BCUT2D eigenvalue weighted by Crippen LogP contribution is -2.33. The molecule has 152 valence electrons. The van der Waals surface area contributed by atoms with Crippen molar-refractivity contribution in [2.75, 3.05) is 6.61 Å². The highest BCUT2D eigenvalue weighted by Gasteiger charge is 2.19. The van der Waals surface area contributed by atoms with E-state index in [2.05, 4.69) is 15.8 Å². The van der Waals surface area contributed by atoms with Gasteiger partial charge >= 0.3 is 11.8 Å². The molecule has 2 aromatic rings. The van der Waals surface area contributed by atoms with Gasteiger partial charge in [0.05, 0.1) is 30.2 Å². The molecular weight excluding hydrogens is 380 g/mol. The number of nitro benzene ring substituents is 1. The molecule has 2 aromatic carbocycles. The van der Waals surface area contributed by atoms with Gasteiger partial charge < -0.3 is 15.2 Å². The van der Waals surface area contributed by atoms with Crippen LogP contribution in [0.15, 0.2) is 53.6 Å². The first-order valence-corrected chi connectivity index (χ1v) is 8.68. The van der Waals surface area contributed by atoms with Crippen molar-refractivity contribution in [3.05, 3.63) is 69.8 Å². The molecule has 0 aliphatic rings. The average molecular weight is 400 g/mol. The van der Waals surface area contributed by atoms with Crippen LogP contribution in [-0.2, 0) is 9.53 Å². The first-order chi connectivity index (χ1) is 13.9. The summed E-state index contributed by atoms with van der Waals surface area (Å²) in [5.74, 6) is -0.952. The molecule has 3 N–H and O–H groups in total. The number of rotatable bonds is 8. The van der Waals surface area contributed by atoms with Crippen molar-refractivity contribution in [3.63, 3.8) is 0 Å². The molecular formula is C19H20N4O6. The number of amides is 2. The van der Waals surface area contributed by atoms with Gasteiger partial charge in [0.25, 0.3) is 0 Å². The first kappa shape index (κ1) is 21.4. The van der Waals surface area contributed by atoms with Gasteiger partial charge in [-0.25, -0.2) is 10.2 Å². The van der Waals surface area contributed by atoms with Crippen LogP contribution in [-0.4, -0.2) is 34.9 Å². The summed E-state index contributed by atoms with van der Waals surface area (Å²) in [5, 5.41) is 26.7. The van der Waals surface area contributed by atoms with Gasteiger partial charge in [-0.1, -0.05) is 30.3 Å². The van der Waals surface area contributed by atoms with Gasteiger partial charge in [-0.15, -0.1) is 0 Å². The number of nitro groups is 1. The Morgan fingerprint density at radius 1 is 1.28 bits per heavy atom. The van der Waals surface area contributed by atoms with Crippen LogP contribution in [0.4, 0.5) is 10.5 Å². The molecule has 1 atom stereocenters. The number of nitrogens with one attached hydrogen (secondary N) is 2. The fraction of sp³-hybridized carbons (Fsp3) is 0.211. The topological polar surface area (TPSA) is 143 Å². The van der Waals surface area contributed by atoms with Crippen LogP contribution in [0.1, 0.15) is 30.5 Å². The van der Waals surface area contributed by atoms with Crippen LogP contribution in [0.5, 0.6) is 5.75 Å². The smallest absolute Gasteiger partial charge is 0.407 e. The van der Waals surface area contributed by atoms with Crippen molar-refractivity contribution in [2.45, 2.75) is 19.4 Å². The van der Waals surface area contributed by atoms with Gasteiger partial charge in [0.15, 0.2) is 5.75 Å². The van der Waals surface area contributed by atoms with Gasteiger partial charge in [0.1, 0.15) is 0 Å².